The van der Waals surface area contributed by atoms with E-state index in [1.807, 2.05) is 0 Å². The van der Waals surface area contributed by atoms with Gasteiger partial charge in [-0.25, -0.2) is 9.59 Å². The van der Waals surface area contributed by atoms with Crippen LogP contribution in [-0.4, -0.2) is 130 Å². The van der Waals surface area contributed by atoms with Crippen molar-refractivity contribution in [2.45, 2.75) is 127 Å². The Kier molecular flexibility index (Phi) is 18.1. The van der Waals surface area contributed by atoms with Gasteiger partial charge in [0.1, 0.15) is 48.1 Å². The van der Waals surface area contributed by atoms with Gasteiger partial charge in [-0.3, -0.25) is 24.0 Å². The van der Waals surface area contributed by atoms with Crippen LogP contribution in [0.1, 0.15) is 73.6 Å². The van der Waals surface area contributed by atoms with E-state index in [1.165, 1.54) is 13.8 Å². The summed E-state index contributed by atoms with van der Waals surface area (Å²) in [4.78, 5) is 85.9. The third kappa shape index (κ3) is 15.1. The molecule has 1 saturated heterocycles. The molecule has 20 heteroatoms. The van der Waals surface area contributed by atoms with E-state index in [9.17, 15) is 48.9 Å². The second-order valence-electron chi connectivity index (χ2n) is 12.6. The van der Waals surface area contributed by atoms with E-state index >= 15 is 0 Å². The topological polar surface area (TPSA) is 291 Å². The van der Waals surface area contributed by atoms with Crippen molar-refractivity contribution in [1.82, 2.24) is 21.3 Å². The number of methoxy groups -OCH3 is 1. The van der Waals surface area contributed by atoms with Crippen LogP contribution in [0.25, 0.3) is 0 Å². The van der Waals surface area contributed by atoms with Crippen LogP contribution in [0.15, 0.2) is 0 Å². The van der Waals surface area contributed by atoms with Gasteiger partial charge >= 0.3 is 12.1 Å². The summed E-state index contributed by atoms with van der Waals surface area (Å²) in [5, 5.41) is 38.9. The highest BCUT2D eigenvalue weighted by Crippen LogP contribution is 2.39. The molecule has 50 heavy (non-hydrogen) atoms. The molecular formula is C30H51N5O14S. The molecule has 1 aliphatic rings. The van der Waals surface area contributed by atoms with Gasteiger partial charge in [0, 0.05) is 26.3 Å². The van der Waals surface area contributed by atoms with Gasteiger partial charge in [0.05, 0.1) is 13.7 Å². The Morgan fingerprint density at radius 2 is 1.66 bits per heavy atom. The number of alkyl carbamates (subject to hydrolysis) is 1. The van der Waals surface area contributed by atoms with Crippen LogP contribution in [-0.2, 0) is 47.7 Å². The van der Waals surface area contributed by atoms with Crippen LogP contribution in [0.5, 0.6) is 0 Å². The Morgan fingerprint density at radius 1 is 1.02 bits per heavy atom. The molecule has 0 saturated carbocycles. The standard InChI is InChI=1S/C30H51N5O14S/c1-15(25(41)35-18(27(43)46-7)11-12-20(31)38)33-26(42)16(2)47-23-22(40)19(14-36)48-30(45,24(23)34-17(3)37)50-21(39)10-8-9-13-32-28(44)49-29(4,5)6/h15-16,18-19,22-24,36,40,45H,8-14H2,1-7H3,(H2,31,38)(H,32,44)(H,33,42)(H,34,37)(H,35,41)/t15-,16+,18+,19+,22+,23-,24+,30?/m0/s1. The number of nitrogens with two attached hydrogens (primary N) is 1. The first-order valence-electron chi connectivity index (χ1n) is 15.9. The van der Waals surface area contributed by atoms with Crippen molar-refractivity contribution in [3.63, 3.8) is 0 Å². The van der Waals surface area contributed by atoms with Crippen molar-refractivity contribution >= 4 is 52.6 Å². The molecule has 1 heterocycles. The molecule has 0 aromatic rings. The van der Waals surface area contributed by atoms with Crippen LogP contribution in [0, 0.1) is 0 Å². The van der Waals surface area contributed by atoms with Gasteiger partial charge in [-0.05, 0) is 65.6 Å². The van der Waals surface area contributed by atoms with E-state index in [1.54, 1.807) is 20.8 Å². The molecule has 0 aromatic carbocycles. The summed E-state index contributed by atoms with van der Waals surface area (Å²) in [6.07, 6.45) is -6.79. The van der Waals surface area contributed by atoms with Crippen molar-refractivity contribution in [3.05, 3.63) is 0 Å². The van der Waals surface area contributed by atoms with Gasteiger partial charge < -0.3 is 61.3 Å². The maximum atomic E-state index is 13.1. The largest absolute Gasteiger partial charge is 0.467 e. The van der Waals surface area contributed by atoms with E-state index in [-0.39, 0.29) is 44.0 Å². The Labute approximate surface area is 294 Å². The van der Waals surface area contributed by atoms with Crippen LogP contribution in [0.4, 0.5) is 4.79 Å². The lowest BCUT2D eigenvalue weighted by Gasteiger charge is -2.48. The van der Waals surface area contributed by atoms with Crippen molar-refractivity contribution in [1.29, 1.82) is 0 Å². The number of carbonyl (C=O) groups is 7. The zero-order valence-corrected chi connectivity index (χ0v) is 30.1. The zero-order valence-electron chi connectivity index (χ0n) is 29.3. The first-order chi connectivity index (χ1) is 23.1. The third-order valence-electron chi connectivity index (χ3n) is 7.00. The van der Waals surface area contributed by atoms with Gasteiger partial charge in [0.25, 0.3) is 0 Å². The molecule has 8 atom stereocenters. The normalized spacial score (nSPS) is 23.7. The van der Waals surface area contributed by atoms with Crippen LogP contribution < -0.4 is 27.0 Å². The summed E-state index contributed by atoms with van der Waals surface area (Å²) in [5.41, 5.74) is 4.44. The number of carbonyl (C=O) groups excluding carboxylic acids is 7. The van der Waals surface area contributed by atoms with Crippen LogP contribution in [0.2, 0.25) is 0 Å². The fourth-order valence-electron chi connectivity index (χ4n) is 4.54. The van der Waals surface area contributed by atoms with E-state index in [0.717, 1.165) is 14.0 Å². The molecule has 1 aliphatic heterocycles. The minimum Gasteiger partial charge on any atom is -0.467 e. The maximum Gasteiger partial charge on any atom is 0.407 e. The van der Waals surface area contributed by atoms with Crippen molar-refractivity contribution < 1.29 is 67.8 Å². The molecule has 0 aromatic heterocycles. The number of hydrogen-bond donors (Lipinski definition) is 8. The summed E-state index contributed by atoms with van der Waals surface area (Å²) in [5.74, 6) is -3.99. The average Bonchev–Trinajstić information content (AvgIpc) is 3.00. The van der Waals surface area contributed by atoms with Gasteiger partial charge in [0.15, 0.2) is 5.12 Å². The molecule has 19 nitrogen and oxygen atoms in total. The van der Waals surface area contributed by atoms with Crippen molar-refractivity contribution in [2.75, 3.05) is 20.3 Å². The quantitative estimate of drug-likeness (QED) is 0.0431. The smallest absolute Gasteiger partial charge is 0.407 e. The lowest BCUT2D eigenvalue weighted by Crippen LogP contribution is -2.70. The highest BCUT2D eigenvalue weighted by atomic mass is 32.2. The molecule has 1 rings (SSSR count). The van der Waals surface area contributed by atoms with E-state index in [4.69, 9.17) is 19.9 Å². The number of unbranched alkanes of at least 4 members (excludes halogenated alkanes) is 1. The van der Waals surface area contributed by atoms with E-state index < -0.39 is 101 Å². The molecule has 0 bridgehead atoms. The highest BCUT2D eigenvalue weighted by Gasteiger charge is 2.57. The van der Waals surface area contributed by atoms with E-state index in [0.29, 0.717) is 6.42 Å². The number of aliphatic hydroxyl groups is 3. The summed E-state index contributed by atoms with van der Waals surface area (Å²) in [7, 11) is 1.08. The van der Waals surface area contributed by atoms with E-state index in [2.05, 4.69) is 26.0 Å². The second kappa shape index (κ2) is 20.3. The molecule has 0 aliphatic carbocycles. The second-order valence-corrected chi connectivity index (χ2v) is 13.8. The molecular weight excluding hydrogens is 686 g/mol. The minimum absolute atomic E-state index is 0.102. The number of primary amides is 1. The average molecular weight is 738 g/mol. The first-order valence-corrected chi connectivity index (χ1v) is 16.7. The lowest BCUT2D eigenvalue weighted by molar-refractivity contribution is -0.283. The SMILES string of the molecule is COC(=O)[C@@H](CCC(N)=O)NC(=O)[C@H](C)NC(=O)[C@@H](C)O[C@H]1[C@H](O)[C@@H](CO)OC(O)(SC(=O)CCCCNC(=O)OC(C)(C)C)[C@@H]1NC(C)=O. The lowest BCUT2D eigenvalue weighted by atomic mass is 9.96. The van der Waals surface area contributed by atoms with Gasteiger partial charge in [-0.1, -0.05) is 0 Å². The molecule has 286 valence electrons. The monoisotopic (exact) mass is 737 g/mol. The van der Waals surface area contributed by atoms with Crippen molar-refractivity contribution in [2.24, 2.45) is 5.73 Å². The van der Waals surface area contributed by atoms with Gasteiger partial charge in [-0.15, -0.1) is 0 Å². The summed E-state index contributed by atoms with van der Waals surface area (Å²) >= 11 is 0.281. The van der Waals surface area contributed by atoms with Gasteiger partial charge in [0.2, 0.25) is 28.7 Å². The number of aliphatic hydroxyl groups excluding tert-OH is 2. The number of hydrogen-bond acceptors (Lipinski definition) is 15. The number of esters is 1. The number of thioether (sulfide) groups is 1. The fourth-order valence-corrected chi connectivity index (χ4v) is 5.61. The fraction of sp³-hybridized carbons (Fsp3) is 0.767. The Morgan fingerprint density at radius 3 is 2.20 bits per heavy atom. The predicted octanol–water partition coefficient (Wildman–Crippen LogP) is -1.95. The van der Waals surface area contributed by atoms with Crippen LogP contribution >= 0.6 is 11.8 Å². The number of nitrogens with one attached hydrogen (secondary N) is 4. The molecule has 5 amide bonds. The molecule has 0 radical (unpaired) electrons. The molecule has 1 unspecified atom stereocenters. The molecule has 9 N–H and O–H groups in total. The predicted molar refractivity (Wildman–Crippen MR) is 176 cm³/mol. The van der Waals surface area contributed by atoms with Gasteiger partial charge in [-0.2, -0.15) is 0 Å². The Bertz CT molecular complexity index is 1220. The molecule has 0 spiro atoms. The Hall–Kier alpha value is -3.56. The van der Waals surface area contributed by atoms with Crippen molar-refractivity contribution in [3.8, 4) is 0 Å². The van der Waals surface area contributed by atoms with Crippen LogP contribution in [0.3, 0.4) is 0 Å². The Balaban J connectivity index is 3.00. The first kappa shape index (κ1) is 44.5. The molecule has 1 fully saturated rings. The number of ether oxygens (including phenoxy) is 4. The third-order valence-corrected chi connectivity index (χ3v) is 8.07. The maximum absolute atomic E-state index is 13.1. The minimum atomic E-state index is -2.58. The number of rotatable bonds is 18. The summed E-state index contributed by atoms with van der Waals surface area (Å²) in [6.45, 7) is 8.12. The summed E-state index contributed by atoms with van der Waals surface area (Å²) in [6, 6.07) is -4.14. The highest BCUT2D eigenvalue weighted by molar-refractivity contribution is 8.14. The zero-order chi connectivity index (χ0) is 38.4. The number of amides is 5. The summed E-state index contributed by atoms with van der Waals surface area (Å²) < 4.78 is 21.1.